The van der Waals surface area contributed by atoms with Gasteiger partial charge in [-0.05, 0) is 30.2 Å². The first kappa shape index (κ1) is 16.3. The van der Waals surface area contributed by atoms with Crippen LogP contribution in [0.5, 0.6) is 11.5 Å². The highest BCUT2D eigenvalue weighted by molar-refractivity contribution is 7.85. The lowest BCUT2D eigenvalue weighted by atomic mass is 10.1. The molecular formula is C16H25NO3S. The quantitative estimate of drug-likeness (QED) is 0.841. The minimum absolute atomic E-state index is 0.0755. The van der Waals surface area contributed by atoms with E-state index in [0.29, 0.717) is 11.7 Å². The number of rotatable bonds is 7. The molecule has 21 heavy (non-hydrogen) atoms. The minimum atomic E-state index is -0.860. The van der Waals surface area contributed by atoms with Gasteiger partial charge in [0.25, 0.3) is 0 Å². The summed E-state index contributed by atoms with van der Waals surface area (Å²) < 4.78 is 23.3. The molecule has 1 aromatic rings. The van der Waals surface area contributed by atoms with Gasteiger partial charge < -0.3 is 14.8 Å². The van der Waals surface area contributed by atoms with Gasteiger partial charge in [0, 0.05) is 27.8 Å². The van der Waals surface area contributed by atoms with E-state index in [1.807, 2.05) is 18.2 Å². The van der Waals surface area contributed by atoms with Crippen LogP contribution in [0.1, 0.15) is 39.3 Å². The molecule has 0 amide bonds. The first-order chi connectivity index (χ1) is 10.0. The lowest BCUT2D eigenvalue weighted by Crippen LogP contribution is -2.30. The summed E-state index contributed by atoms with van der Waals surface area (Å²) in [6.45, 7) is 9.47. The molecule has 0 spiro atoms. The molecule has 1 aliphatic rings. The van der Waals surface area contributed by atoms with E-state index in [0.717, 1.165) is 23.6 Å². The minimum Gasteiger partial charge on any atom is -0.454 e. The van der Waals surface area contributed by atoms with Crippen molar-refractivity contribution in [1.29, 1.82) is 0 Å². The zero-order chi connectivity index (χ0) is 15.4. The van der Waals surface area contributed by atoms with Crippen LogP contribution in [-0.2, 0) is 10.8 Å². The van der Waals surface area contributed by atoms with E-state index in [2.05, 4.69) is 33.0 Å². The Morgan fingerprint density at radius 1 is 1.24 bits per heavy atom. The van der Waals surface area contributed by atoms with Gasteiger partial charge in [0.1, 0.15) is 0 Å². The second kappa shape index (κ2) is 7.27. The van der Waals surface area contributed by atoms with Crippen molar-refractivity contribution in [1.82, 2.24) is 5.32 Å². The molecule has 1 N–H and O–H groups in total. The Bertz CT molecular complexity index is 504. The molecule has 0 aromatic heterocycles. The summed E-state index contributed by atoms with van der Waals surface area (Å²) in [7, 11) is -0.860. The number of benzene rings is 1. The Morgan fingerprint density at radius 3 is 2.62 bits per heavy atom. The maximum atomic E-state index is 12.5. The van der Waals surface area contributed by atoms with Crippen LogP contribution in [0, 0.1) is 5.92 Å². The molecule has 0 saturated carbocycles. The van der Waals surface area contributed by atoms with Crippen molar-refractivity contribution < 1.29 is 13.7 Å². The van der Waals surface area contributed by atoms with Crippen LogP contribution in [0.3, 0.4) is 0 Å². The summed E-state index contributed by atoms with van der Waals surface area (Å²) in [6.07, 6.45) is 0. The smallest absolute Gasteiger partial charge is 0.231 e. The van der Waals surface area contributed by atoms with Crippen LogP contribution in [0.4, 0.5) is 0 Å². The van der Waals surface area contributed by atoms with Crippen molar-refractivity contribution in [2.75, 3.05) is 19.1 Å². The van der Waals surface area contributed by atoms with Crippen LogP contribution in [0.15, 0.2) is 18.2 Å². The van der Waals surface area contributed by atoms with Gasteiger partial charge in [0.2, 0.25) is 6.79 Å². The van der Waals surface area contributed by atoms with E-state index >= 15 is 0 Å². The van der Waals surface area contributed by atoms with Crippen LogP contribution in [0.25, 0.3) is 0 Å². The fraction of sp³-hybridized carbons (Fsp3) is 0.625. The zero-order valence-corrected chi connectivity index (χ0v) is 14.0. The van der Waals surface area contributed by atoms with Crippen LogP contribution < -0.4 is 14.8 Å². The van der Waals surface area contributed by atoms with Gasteiger partial charge in [0.15, 0.2) is 11.5 Å². The molecule has 1 aromatic carbocycles. The number of ether oxygens (including phenoxy) is 2. The maximum Gasteiger partial charge on any atom is 0.231 e. The molecule has 0 saturated heterocycles. The molecule has 0 bridgehead atoms. The van der Waals surface area contributed by atoms with Gasteiger partial charge in [-0.1, -0.05) is 33.8 Å². The summed E-state index contributed by atoms with van der Waals surface area (Å²) in [5.74, 6) is 2.60. The van der Waals surface area contributed by atoms with Gasteiger partial charge >= 0.3 is 0 Å². The second-order valence-corrected chi connectivity index (χ2v) is 7.56. The van der Waals surface area contributed by atoms with Gasteiger partial charge in [-0.25, -0.2) is 0 Å². The Kier molecular flexibility index (Phi) is 5.65. The predicted molar refractivity (Wildman–Crippen MR) is 86.3 cm³/mol. The molecular weight excluding hydrogens is 286 g/mol. The van der Waals surface area contributed by atoms with Crippen molar-refractivity contribution in [3.63, 3.8) is 0 Å². The third kappa shape index (κ3) is 3.98. The molecule has 3 atom stereocenters. The second-order valence-electron chi connectivity index (χ2n) is 5.72. The third-order valence-corrected chi connectivity index (χ3v) is 5.97. The third-order valence-electron chi connectivity index (χ3n) is 3.93. The molecule has 1 heterocycles. The van der Waals surface area contributed by atoms with E-state index in [4.69, 9.17) is 9.47 Å². The zero-order valence-electron chi connectivity index (χ0n) is 13.2. The van der Waals surface area contributed by atoms with Crippen molar-refractivity contribution in [2.24, 2.45) is 5.92 Å². The van der Waals surface area contributed by atoms with Crippen LogP contribution in [0.2, 0.25) is 0 Å². The largest absolute Gasteiger partial charge is 0.454 e. The first-order valence-corrected chi connectivity index (χ1v) is 8.91. The molecule has 2 rings (SSSR count). The van der Waals surface area contributed by atoms with Crippen molar-refractivity contribution >= 4 is 10.8 Å². The van der Waals surface area contributed by atoms with E-state index < -0.39 is 10.8 Å². The molecule has 0 fully saturated rings. The lowest BCUT2D eigenvalue weighted by molar-refractivity contribution is 0.174. The summed E-state index contributed by atoms with van der Waals surface area (Å²) in [5, 5.41) is 3.62. The van der Waals surface area contributed by atoms with Gasteiger partial charge in [-0.15, -0.1) is 0 Å². The average Bonchev–Trinajstić information content (AvgIpc) is 2.93. The molecule has 0 radical (unpaired) electrons. The standard InChI is InChI=1S/C16H25NO3S/c1-5-17-14(9-21(18)12(4)11(2)3)13-6-7-15-16(8-13)20-10-19-15/h6-8,11-12,14,17H,5,9-10H2,1-4H3. The maximum absolute atomic E-state index is 12.5. The fourth-order valence-corrected chi connectivity index (χ4v) is 3.82. The summed E-state index contributed by atoms with van der Waals surface area (Å²) in [6, 6.07) is 6.02. The molecule has 3 unspecified atom stereocenters. The Balaban J connectivity index is 2.13. The Hall–Kier alpha value is -1.07. The van der Waals surface area contributed by atoms with E-state index in [-0.39, 0.29) is 18.1 Å². The van der Waals surface area contributed by atoms with E-state index in [1.165, 1.54) is 0 Å². The monoisotopic (exact) mass is 311 g/mol. The Morgan fingerprint density at radius 2 is 1.95 bits per heavy atom. The Labute approximate surface area is 129 Å². The van der Waals surface area contributed by atoms with E-state index in [1.54, 1.807) is 0 Å². The highest BCUT2D eigenvalue weighted by atomic mass is 32.2. The van der Waals surface area contributed by atoms with Gasteiger partial charge in [-0.3, -0.25) is 4.21 Å². The number of fused-ring (bicyclic) bond motifs is 1. The molecule has 1 aliphatic heterocycles. The SMILES string of the molecule is CCNC(CS(=O)C(C)C(C)C)c1ccc2c(c1)OCO2. The predicted octanol–water partition coefficient (Wildman–Crippen LogP) is 2.86. The fourth-order valence-electron chi connectivity index (χ4n) is 2.27. The molecule has 4 nitrogen and oxygen atoms in total. The summed E-state index contributed by atoms with van der Waals surface area (Å²) in [5.41, 5.74) is 1.10. The number of nitrogens with one attached hydrogen (secondary N) is 1. The normalized spacial score (nSPS) is 17.8. The van der Waals surface area contributed by atoms with Crippen LogP contribution >= 0.6 is 0 Å². The van der Waals surface area contributed by atoms with Crippen molar-refractivity contribution in [3.8, 4) is 11.5 Å². The molecule has 5 heteroatoms. The summed E-state index contributed by atoms with van der Waals surface area (Å²) >= 11 is 0. The van der Waals surface area contributed by atoms with Gasteiger partial charge in [0.05, 0.1) is 0 Å². The summed E-state index contributed by atoms with van der Waals surface area (Å²) in [4.78, 5) is 0. The average molecular weight is 311 g/mol. The first-order valence-electron chi connectivity index (χ1n) is 7.53. The molecule has 118 valence electrons. The van der Waals surface area contributed by atoms with Crippen molar-refractivity contribution in [2.45, 2.75) is 39.0 Å². The number of hydrogen-bond acceptors (Lipinski definition) is 4. The lowest BCUT2D eigenvalue weighted by Gasteiger charge is -2.22. The van der Waals surface area contributed by atoms with Gasteiger partial charge in [-0.2, -0.15) is 0 Å². The highest BCUT2D eigenvalue weighted by Crippen LogP contribution is 2.34. The topological polar surface area (TPSA) is 47.6 Å². The molecule has 0 aliphatic carbocycles. The van der Waals surface area contributed by atoms with Crippen molar-refractivity contribution in [3.05, 3.63) is 23.8 Å². The number of hydrogen-bond donors (Lipinski definition) is 1. The van der Waals surface area contributed by atoms with E-state index in [9.17, 15) is 4.21 Å². The highest BCUT2D eigenvalue weighted by Gasteiger charge is 2.22. The van der Waals surface area contributed by atoms with Crippen LogP contribution in [-0.4, -0.2) is 28.5 Å².